The molecule has 0 aromatic heterocycles. The summed E-state index contributed by atoms with van der Waals surface area (Å²) in [7, 11) is 0. The Morgan fingerprint density at radius 3 is 2.00 bits per heavy atom. The molecule has 114 valence electrons. The first-order valence-corrected chi connectivity index (χ1v) is 7.56. The molecule has 1 N–H and O–H groups in total. The lowest BCUT2D eigenvalue weighted by Gasteiger charge is -2.31. The van der Waals surface area contributed by atoms with E-state index in [1.807, 2.05) is 24.3 Å². The maximum atomic E-state index is 5.89. The zero-order valence-electron chi connectivity index (χ0n) is 13.5. The third kappa shape index (κ3) is 5.83. The molecular weight excluding hydrogens is 250 g/mol. The summed E-state index contributed by atoms with van der Waals surface area (Å²) >= 11 is 0. The fourth-order valence-corrected chi connectivity index (χ4v) is 1.89. The van der Waals surface area contributed by atoms with Crippen LogP contribution < -0.4 is 14.8 Å². The molecule has 1 rings (SSSR count). The summed E-state index contributed by atoms with van der Waals surface area (Å²) in [6, 6.07) is 8.20. The van der Waals surface area contributed by atoms with Gasteiger partial charge in [-0.15, -0.1) is 0 Å². The first-order valence-electron chi connectivity index (χ1n) is 7.56. The standard InChI is InChI=1S/C17H29NO2/c1-6-12-19-14-8-10-15(11-9-14)20-13-16(18-7-2)17(3,4)5/h8-11,16,18H,6-7,12-13H2,1-5H3. The Hall–Kier alpha value is -1.22. The van der Waals surface area contributed by atoms with Gasteiger partial charge in [0.2, 0.25) is 0 Å². The van der Waals surface area contributed by atoms with Crippen LogP contribution in [0.4, 0.5) is 0 Å². The molecule has 1 unspecified atom stereocenters. The third-order valence-electron chi connectivity index (χ3n) is 3.21. The van der Waals surface area contributed by atoms with Gasteiger partial charge in [-0.3, -0.25) is 0 Å². The molecule has 0 spiro atoms. The summed E-state index contributed by atoms with van der Waals surface area (Å²) < 4.78 is 11.4. The Labute approximate surface area is 123 Å². The van der Waals surface area contributed by atoms with Gasteiger partial charge in [0.1, 0.15) is 18.1 Å². The minimum atomic E-state index is 0.181. The van der Waals surface area contributed by atoms with Gasteiger partial charge in [-0.05, 0) is 42.6 Å². The van der Waals surface area contributed by atoms with Crippen molar-refractivity contribution in [2.75, 3.05) is 19.8 Å². The zero-order chi connectivity index (χ0) is 15.0. The zero-order valence-corrected chi connectivity index (χ0v) is 13.5. The molecule has 0 fully saturated rings. The van der Waals surface area contributed by atoms with Crippen molar-refractivity contribution in [3.8, 4) is 11.5 Å². The summed E-state index contributed by atoms with van der Waals surface area (Å²) in [6.45, 7) is 13.3. The average molecular weight is 279 g/mol. The maximum Gasteiger partial charge on any atom is 0.119 e. The van der Waals surface area contributed by atoms with E-state index in [4.69, 9.17) is 9.47 Å². The number of hydrogen-bond acceptors (Lipinski definition) is 3. The van der Waals surface area contributed by atoms with E-state index in [-0.39, 0.29) is 5.41 Å². The number of ether oxygens (including phenoxy) is 2. The van der Waals surface area contributed by atoms with E-state index in [9.17, 15) is 0 Å². The van der Waals surface area contributed by atoms with Crippen LogP contribution in [0.5, 0.6) is 11.5 Å². The molecule has 1 aromatic rings. The maximum absolute atomic E-state index is 5.89. The fourth-order valence-electron chi connectivity index (χ4n) is 1.89. The second-order valence-corrected chi connectivity index (χ2v) is 6.11. The van der Waals surface area contributed by atoms with Crippen molar-refractivity contribution in [1.29, 1.82) is 0 Å². The number of likely N-dealkylation sites (N-methyl/N-ethyl adjacent to an activating group) is 1. The van der Waals surface area contributed by atoms with Crippen LogP contribution in [0.1, 0.15) is 41.0 Å². The lowest BCUT2D eigenvalue weighted by Crippen LogP contribution is -2.44. The molecule has 0 aliphatic heterocycles. The molecule has 0 aliphatic rings. The lowest BCUT2D eigenvalue weighted by atomic mass is 9.87. The van der Waals surface area contributed by atoms with Crippen molar-refractivity contribution < 1.29 is 9.47 Å². The molecule has 0 bridgehead atoms. The molecular formula is C17H29NO2. The van der Waals surface area contributed by atoms with E-state index in [2.05, 4.69) is 39.9 Å². The lowest BCUT2D eigenvalue weighted by molar-refractivity contribution is 0.176. The molecule has 3 heteroatoms. The third-order valence-corrected chi connectivity index (χ3v) is 3.21. The fraction of sp³-hybridized carbons (Fsp3) is 0.647. The summed E-state index contributed by atoms with van der Waals surface area (Å²) in [5, 5.41) is 3.48. The van der Waals surface area contributed by atoms with Crippen LogP contribution in [0.15, 0.2) is 24.3 Å². The van der Waals surface area contributed by atoms with Crippen LogP contribution in [0.3, 0.4) is 0 Å². The van der Waals surface area contributed by atoms with E-state index in [1.54, 1.807) is 0 Å². The van der Waals surface area contributed by atoms with Crippen LogP contribution in [-0.2, 0) is 0 Å². The highest BCUT2D eigenvalue weighted by molar-refractivity contribution is 5.31. The van der Waals surface area contributed by atoms with Crippen molar-refractivity contribution in [3.05, 3.63) is 24.3 Å². The van der Waals surface area contributed by atoms with Crippen molar-refractivity contribution in [2.24, 2.45) is 5.41 Å². The van der Waals surface area contributed by atoms with E-state index >= 15 is 0 Å². The molecule has 0 heterocycles. The van der Waals surface area contributed by atoms with E-state index in [0.717, 1.165) is 31.1 Å². The van der Waals surface area contributed by atoms with Gasteiger partial charge in [0.25, 0.3) is 0 Å². The van der Waals surface area contributed by atoms with Gasteiger partial charge < -0.3 is 14.8 Å². The van der Waals surface area contributed by atoms with Crippen molar-refractivity contribution in [3.63, 3.8) is 0 Å². The number of nitrogens with one attached hydrogen (secondary N) is 1. The minimum absolute atomic E-state index is 0.181. The van der Waals surface area contributed by atoms with Crippen molar-refractivity contribution in [2.45, 2.75) is 47.1 Å². The van der Waals surface area contributed by atoms with Crippen molar-refractivity contribution in [1.82, 2.24) is 5.32 Å². The number of benzene rings is 1. The summed E-state index contributed by atoms with van der Waals surface area (Å²) in [5.41, 5.74) is 0.181. The Morgan fingerprint density at radius 2 is 1.55 bits per heavy atom. The second kappa shape index (κ2) is 8.15. The minimum Gasteiger partial charge on any atom is -0.494 e. The molecule has 0 saturated heterocycles. The monoisotopic (exact) mass is 279 g/mol. The molecule has 3 nitrogen and oxygen atoms in total. The Balaban J connectivity index is 2.51. The first kappa shape index (κ1) is 16.8. The summed E-state index contributed by atoms with van der Waals surface area (Å²) in [6.07, 6.45) is 1.02. The normalized spacial score (nSPS) is 13.1. The van der Waals surface area contributed by atoms with Gasteiger partial charge in [0.05, 0.1) is 6.61 Å². The molecule has 0 radical (unpaired) electrons. The highest BCUT2D eigenvalue weighted by atomic mass is 16.5. The highest BCUT2D eigenvalue weighted by Gasteiger charge is 2.24. The van der Waals surface area contributed by atoms with Gasteiger partial charge in [-0.2, -0.15) is 0 Å². The van der Waals surface area contributed by atoms with Crippen LogP contribution in [-0.4, -0.2) is 25.8 Å². The molecule has 20 heavy (non-hydrogen) atoms. The van der Waals surface area contributed by atoms with E-state index in [0.29, 0.717) is 12.6 Å². The van der Waals surface area contributed by atoms with Crippen LogP contribution >= 0.6 is 0 Å². The number of rotatable bonds is 8. The summed E-state index contributed by atoms with van der Waals surface area (Å²) in [4.78, 5) is 0. The van der Waals surface area contributed by atoms with E-state index < -0.39 is 0 Å². The Kier molecular flexibility index (Phi) is 6.86. The number of hydrogen-bond donors (Lipinski definition) is 1. The highest BCUT2D eigenvalue weighted by Crippen LogP contribution is 2.22. The summed E-state index contributed by atoms with van der Waals surface area (Å²) in [5.74, 6) is 1.79. The van der Waals surface area contributed by atoms with Gasteiger partial charge >= 0.3 is 0 Å². The Morgan fingerprint density at radius 1 is 1.00 bits per heavy atom. The van der Waals surface area contributed by atoms with Crippen molar-refractivity contribution >= 4 is 0 Å². The molecule has 0 amide bonds. The van der Waals surface area contributed by atoms with Crippen LogP contribution in [0.25, 0.3) is 0 Å². The van der Waals surface area contributed by atoms with Gasteiger partial charge in [-0.1, -0.05) is 34.6 Å². The second-order valence-electron chi connectivity index (χ2n) is 6.11. The predicted molar refractivity (Wildman–Crippen MR) is 84.6 cm³/mol. The SMILES string of the molecule is CCCOc1ccc(OCC(NCC)C(C)(C)C)cc1. The van der Waals surface area contributed by atoms with E-state index in [1.165, 1.54) is 0 Å². The smallest absolute Gasteiger partial charge is 0.119 e. The van der Waals surface area contributed by atoms with Crippen LogP contribution in [0.2, 0.25) is 0 Å². The van der Waals surface area contributed by atoms with Gasteiger partial charge in [-0.25, -0.2) is 0 Å². The van der Waals surface area contributed by atoms with Gasteiger partial charge in [0, 0.05) is 6.04 Å². The molecule has 0 saturated carbocycles. The quantitative estimate of drug-likeness (QED) is 0.783. The average Bonchev–Trinajstić information content (AvgIpc) is 2.41. The van der Waals surface area contributed by atoms with Crippen LogP contribution in [0, 0.1) is 5.41 Å². The largest absolute Gasteiger partial charge is 0.494 e. The first-order chi connectivity index (χ1) is 9.47. The molecule has 1 atom stereocenters. The Bertz CT molecular complexity index is 368. The molecule has 0 aliphatic carbocycles. The molecule has 1 aromatic carbocycles. The van der Waals surface area contributed by atoms with Gasteiger partial charge in [0.15, 0.2) is 0 Å². The topological polar surface area (TPSA) is 30.5 Å². The predicted octanol–water partition coefficient (Wildman–Crippen LogP) is 3.88.